The molecule has 11 heteroatoms. The summed E-state index contributed by atoms with van der Waals surface area (Å²) < 4.78 is 43.1. The van der Waals surface area contributed by atoms with E-state index in [0.29, 0.717) is 51.2 Å². The van der Waals surface area contributed by atoms with Gasteiger partial charge in [0.15, 0.2) is 9.84 Å². The monoisotopic (exact) mass is 573 g/mol. The molecule has 7 nitrogen and oxygen atoms in total. The minimum absolute atomic E-state index is 0.0202. The van der Waals surface area contributed by atoms with Gasteiger partial charge in [0.05, 0.1) is 16.1 Å². The number of hydrogen-bond donors (Lipinski definition) is 0. The summed E-state index contributed by atoms with van der Waals surface area (Å²) in [5, 5.41) is 9.13. The molecule has 38 heavy (non-hydrogen) atoms. The third kappa shape index (κ3) is 5.23. The average Bonchev–Trinajstić information content (AvgIpc) is 3.51. The molecule has 0 radical (unpaired) electrons. The highest BCUT2D eigenvalue weighted by atomic mass is 35.5. The summed E-state index contributed by atoms with van der Waals surface area (Å²) in [7, 11) is -3.35. The van der Waals surface area contributed by atoms with Crippen LogP contribution in [0, 0.1) is 5.82 Å². The average molecular weight is 574 g/mol. The molecule has 2 heterocycles. The molecule has 0 unspecified atom stereocenters. The number of sulfone groups is 1. The quantitative estimate of drug-likeness (QED) is 0.249. The molecule has 0 spiro atoms. The van der Waals surface area contributed by atoms with Gasteiger partial charge in [-0.25, -0.2) is 12.8 Å². The molecule has 196 valence electrons. The number of rotatable bonds is 9. The first-order valence-electron chi connectivity index (χ1n) is 11.9. The first kappa shape index (κ1) is 26.5. The van der Waals surface area contributed by atoms with Crippen LogP contribution >= 0.6 is 23.2 Å². The highest BCUT2D eigenvalue weighted by Crippen LogP contribution is 2.57. The van der Waals surface area contributed by atoms with Crippen LogP contribution < -0.4 is 0 Å². The van der Waals surface area contributed by atoms with E-state index in [-0.39, 0.29) is 41.0 Å². The molecule has 1 aliphatic carbocycles. The smallest absolute Gasteiger partial charge is 0.247 e. The largest absolute Gasteiger partial charge is 0.420 e. The Morgan fingerprint density at radius 1 is 1.03 bits per heavy atom. The lowest BCUT2D eigenvalue weighted by molar-refractivity contribution is -0.117. The van der Waals surface area contributed by atoms with E-state index in [2.05, 4.69) is 15.2 Å². The van der Waals surface area contributed by atoms with E-state index >= 15 is 0 Å². The Balaban J connectivity index is 1.32. The summed E-state index contributed by atoms with van der Waals surface area (Å²) in [6, 6.07) is 12.2. The van der Waals surface area contributed by atoms with Crippen molar-refractivity contribution in [2.24, 2.45) is 0 Å². The van der Waals surface area contributed by atoms with Gasteiger partial charge < -0.3 is 4.42 Å². The van der Waals surface area contributed by atoms with E-state index in [9.17, 15) is 17.6 Å². The highest BCUT2D eigenvalue weighted by Gasteiger charge is 2.53. The van der Waals surface area contributed by atoms with E-state index < -0.39 is 15.3 Å². The number of aromatic nitrogens is 3. The van der Waals surface area contributed by atoms with Crippen molar-refractivity contribution in [3.63, 3.8) is 0 Å². The standard InChI is InChI=1S/C27H22Cl2FN3O4S/c1-2-38(35,36)21-8-7-19(31-15-21)14-20(34)11-16-12-22(28)24(23(29)13-16)27(9-10-27)26-33-32-25(37-26)17-3-5-18(30)6-4-17/h3-8,12-13,15H,2,9-11,14H2,1H3. The molecular weight excluding hydrogens is 552 g/mol. The van der Waals surface area contributed by atoms with Crippen LogP contribution in [0.1, 0.15) is 42.5 Å². The fraction of sp³-hybridized carbons (Fsp3) is 0.259. The first-order valence-corrected chi connectivity index (χ1v) is 14.3. The Morgan fingerprint density at radius 2 is 1.71 bits per heavy atom. The van der Waals surface area contributed by atoms with Crippen LogP contribution in [0.15, 0.2) is 64.0 Å². The molecule has 2 aromatic carbocycles. The summed E-state index contributed by atoms with van der Waals surface area (Å²) in [5.41, 5.74) is 1.77. The third-order valence-electron chi connectivity index (χ3n) is 6.57. The van der Waals surface area contributed by atoms with Crippen molar-refractivity contribution < 1.29 is 22.0 Å². The van der Waals surface area contributed by atoms with Gasteiger partial charge in [0, 0.05) is 45.9 Å². The van der Waals surface area contributed by atoms with Gasteiger partial charge in [0.2, 0.25) is 11.8 Å². The number of Topliss-reactive ketones (excluding diaryl/α,β-unsaturated/α-hetero) is 1. The number of benzene rings is 2. The van der Waals surface area contributed by atoms with Crippen molar-refractivity contribution in [2.45, 2.75) is 42.9 Å². The fourth-order valence-electron chi connectivity index (χ4n) is 4.36. The lowest BCUT2D eigenvalue weighted by atomic mass is 9.93. The van der Waals surface area contributed by atoms with E-state index in [1.54, 1.807) is 37.3 Å². The first-order chi connectivity index (χ1) is 18.1. The molecule has 0 bridgehead atoms. The van der Waals surface area contributed by atoms with Crippen molar-refractivity contribution in [2.75, 3.05) is 5.75 Å². The van der Waals surface area contributed by atoms with Crippen LogP contribution in [0.4, 0.5) is 4.39 Å². The molecule has 1 aliphatic rings. The van der Waals surface area contributed by atoms with Crippen molar-refractivity contribution >= 4 is 38.8 Å². The van der Waals surface area contributed by atoms with E-state index in [1.807, 2.05) is 0 Å². The van der Waals surface area contributed by atoms with Crippen LogP contribution in [0.5, 0.6) is 0 Å². The third-order valence-corrected chi connectivity index (χ3v) is 8.89. The summed E-state index contributed by atoms with van der Waals surface area (Å²) in [6.07, 6.45) is 2.83. The molecule has 1 saturated carbocycles. The van der Waals surface area contributed by atoms with Crippen molar-refractivity contribution in [3.8, 4) is 11.5 Å². The second kappa shape index (κ2) is 10.2. The van der Waals surface area contributed by atoms with Crippen LogP contribution in [0.25, 0.3) is 11.5 Å². The highest BCUT2D eigenvalue weighted by molar-refractivity contribution is 7.91. The van der Waals surface area contributed by atoms with Gasteiger partial charge >= 0.3 is 0 Å². The van der Waals surface area contributed by atoms with Crippen LogP contribution in [0.2, 0.25) is 10.0 Å². The number of halogens is 3. The summed E-state index contributed by atoms with van der Waals surface area (Å²) >= 11 is 13.3. The van der Waals surface area contributed by atoms with Gasteiger partial charge in [0.25, 0.3) is 0 Å². The molecule has 1 fully saturated rings. The minimum Gasteiger partial charge on any atom is -0.420 e. The predicted molar refractivity (Wildman–Crippen MR) is 141 cm³/mol. The molecule has 0 aliphatic heterocycles. The van der Waals surface area contributed by atoms with Gasteiger partial charge in [-0.1, -0.05) is 30.1 Å². The number of hydrogen-bond acceptors (Lipinski definition) is 7. The lowest BCUT2D eigenvalue weighted by Crippen LogP contribution is -2.13. The van der Waals surface area contributed by atoms with Crippen LogP contribution in [0.3, 0.4) is 0 Å². The zero-order valence-corrected chi connectivity index (χ0v) is 22.6. The molecule has 2 aromatic heterocycles. The number of carbonyl (C=O) groups is 1. The SMILES string of the molecule is CCS(=O)(=O)c1ccc(CC(=O)Cc2cc(Cl)c(C3(c4nnc(-c5ccc(F)cc5)o4)CC3)c(Cl)c2)nc1. The van der Waals surface area contributed by atoms with Crippen LogP contribution in [-0.2, 0) is 32.9 Å². The zero-order chi connectivity index (χ0) is 27.1. The minimum atomic E-state index is -3.35. The van der Waals surface area contributed by atoms with Crippen LogP contribution in [-0.4, -0.2) is 35.1 Å². The Labute approximate surface area is 228 Å². The van der Waals surface area contributed by atoms with Crippen molar-refractivity contribution in [1.29, 1.82) is 0 Å². The maximum absolute atomic E-state index is 13.3. The molecular formula is C27H22Cl2FN3O4S. The zero-order valence-electron chi connectivity index (χ0n) is 20.2. The summed E-state index contributed by atoms with van der Waals surface area (Å²) in [5.74, 6) is 0.151. The molecule has 0 saturated heterocycles. The number of nitrogens with zero attached hydrogens (tertiary/aromatic N) is 3. The number of ketones is 1. The summed E-state index contributed by atoms with van der Waals surface area (Å²) in [6.45, 7) is 1.56. The van der Waals surface area contributed by atoms with Crippen molar-refractivity contribution in [3.05, 3.63) is 93.3 Å². The van der Waals surface area contributed by atoms with Gasteiger partial charge in [-0.3, -0.25) is 9.78 Å². The molecule has 0 atom stereocenters. The topological polar surface area (TPSA) is 103 Å². The second-order valence-electron chi connectivity index (χ2n) is 9.22. The number of pyridine rings is 1. The van der Waals surface area contributed by atoms with E-state index in [0.717, 1.165) is 0 Å². The number of carbonyl (C=O) groups excluding carboxylic acids is 1. The maximum Gasteiger partial charge on any atom is 0.247 e. The van der Waals surface area contributed by atoms with Gasteiger partial charge in [-0.15, -0.1) is 10.2 Å². The molecule has 0 N–H and O–H groups in total. The van der Waals surface area contributed by atoms with Gasteiger partial charge in [-0.2, -0.15) is 0 Å². The van der Waals surface area contributed by atoms with Crippen molar-refractivity contribution in [1.82, 2.24) is 15.2 Å². The maximum atomic E-state index is 13.3. The molecule has 4 aromatic rings. The molecule has 0 amide bonds. The summed E-state index contributed by atoms with van der Waals surface area (Å²) in [4.78, 5) is 17.0. The predicted octanol–water partition coefficient (Wildman–Crippen LogP) is 5.81. The van der Waals surface area contributed by atoms with Gasteiger partial charge in [-0.05, 0) is 66.9 Å². The molecule has 5 rings (SSSR count). The Hall–Kier alpha value is -3.14. The van der Waals surface area contributed by atoms with E-state index in [4.69, 9.17) is 27.6 Å². The Bertz CT molecular complexity index is 1590. The Kier molecular flexibility index (Phi) is 7.11. The normalized spacial score (nSPS) is 14.4. The fourth-order valence-corrected chi connectivity index (χ4v) is 6.08. The Morgan fingerprint density at radius 3 is 2.29 bits per heavy atom. The van der Waals surface area contributed by atoms with E-state index in [1.165, 1.54) is 24.4 Å². The second-order valence-corrected chi connectivity index (χ2v) is 12.3. The lowest BCUT2D eigenvalue weighted by Gasteiger charge is -2.16. The van der Waals surface area contributed by atoms with Gasteiger partial charge in [0.1, 0.15) is 11.6 Å².